The van der Waals surface area contributed by atoms with Crippen molar-refractivity contribution in [1.29, 1.82) is 0 Å². The first-order valence-corrected chi connectivity index (χ1v) is 4.37. The largest absolute Gasteiger partial charge is 0.480 e. The first-order valence-electron chi connectivity index (χ1n) is 4.37. The Morgan fingerprint density at radius 1 is 1.40 bits per heavy atom. The molecule has 6 heteroatoms. The van der Waals surface area contributed by atoms with Crippen LogP contribution in [0.25, 0.3) is 0 Å². The lowest BCUT2D eigenvalue weighted by atomic mass is 9.84. The Kier molecular flexibility index (Phi) is 5.24. The lowest BCUT2D eigenvalue weighted by Gasteiger charge is -2.24. The molecule has 0 heterocycles. The summed E-state index contributed by atoms with van der Waals surface area (Å²) in [5.74, 6) is -2.21. The first-order chi connectivity index (χ1) is 6.88. The van der Waals surface area contributed by atoms with Crippen LogP contribution in [0.1, 0.15) is 13.3 Å². The fraction of sp³-hybridized carbons (Fsp3) is 0.778. The van der Waals surface area contributed by atoms with Crippen molar-refractivity contribution in [3.05, 3.63) is 0 Å². The van der Waals surface area contributed by atoms with Crippen LogP contribution in [-0.4, -0.2) is 49.1 Å². The third kappa shape index (κ3) is 3.49. The third-order valence-electron chi connectivity index (χ3n) is 2.11. The van der Waals surface area contributed by atoms with E-state index in [0.29, 0.717) is 0 Å². The molecule has 0 aromatic heterocycles. The number of hydrogen-bond donors (Lipinski definition) is 2. The molecule has 6 nitrogen and oxygen atoms in total. The van der Waals surface area contributed by atoms with Gasteiger partial charge in [0.25, 0.3) is 0 Å². The van der Waals surface area contributed by atoms with Crippen molar-refractivity contribution in [3.63, 3.8) is 0 Å². The highest BCUT2D eigenvalue weighted by molar-refractivity contribution is 5.98. The maximum Gasteiger partial charge on any atom is 0.323 e. The van der Waals surface area contributed by atoms with Crippen LogP contribution in [-0.2, 0) is 19.1 Å². The van der Waals surface area contributed by atoms with Crippen molar-refractivity contribution in [1.82, 2.24) is 0 Å². The number of methoxy groups -OCH3 is 2. The van der Waals surface area contributed by atoms with Gasteiger partial charge in [-0.3, -0.25) is 9.59 Å². The number of carboxylic acids is 1. The van der Waals surface area contributed by atoms with E-state index in [0.717, 1.165) is 7.11 Å². The van der Waals surface area contributed by atoms with Crippen molar-refractivity contribution >= 4 is 11.9 Å². The van der Waals surface area contributed by atoms with E-state index in [2.05, 4.69) is 9.47 Å². The summed E-state index contributed by atoms with van der Waals surface area (Å²) in [6, 6.07) is 0. The van der Waals surface area contributed by atoms with Crippen molar-refractivity contribution < 1.29 is 29.3 Å². The van der Waals surface area contributed by atoms with Crippen molar-refractivity contribution in [3.8, 4) is 0 Å². The molecular formula is C9H16O6. The summed E-state index contributed by atoms with van der Waals surface area (Å²) in [6.07, 6.45) is -1.27. The molecule has 2 N–H and O–H groups in total. The number of aliphatic hydroxyl groups excluding tert-OH is 1. The Balaban J connectivity index is 4.66. The lowest BCUT2D eigenvalue weighted by molar-refractivity contribution is -0.168. The van der Waals surface area contributed by atoms with Gasteiger partial charge in [0.2, 0.25) is 0 Å². The summed E-state index contributed by atoms with van der Waals surface area (Å²) >= 11 is 0. The second kappa shape index (κ2) is 5.67. The second-order valence-corrected chi connectivity index (χ2v) is 3.44. The van der Waals surface area contributed by atoms with E-state index in [9.17, 15) is 14.7 Å². The molecular weight excluding hydrogens is 204 g/mol. The standard InChI is InChI=1S/C9H16O6/c1-9(7(11)12,8(13)15-3)4-6(10)5-14-2/h6,10H,4-5H2,1-3H3,(H,11,12). The van der Waals surface area contributed by atoms with Gasteiger partial charge in [0, 0.05) is 13.5 Å². The number of hydrogen-bond acceptors (Lipinski definition) is 5. The molecule has 0 aliphatic rings. The molecule has 0 fully saturated rings. The molecule has 0 radical (unpaired) electrons. The Hall–Kier alpha value is -1.14. The minimum Gasteiger partial charge on any atom is -0.480 e. The van der Waals surface area contributed by atoms with Crippen LogP contribution in [0.2, 0.25) is 0 Å². The fourth-order valence-electron chi connectivity index (χ4n) is 1.21. The van der Waals surface area contributed by atoms with Gasteiger partial charge in [0.05, 0.1) is 19.8 Å². The topological polar surface area (TPSA) is 93.1 Å². The zero-order valence-corrected chi connectivity index (χ0v) is 9.02. The number of carbonyl (C=O) groups excluding carboxylic acids is 1. The van der Waals surface area contributed by atoms with E-state index in [4.69, 9.17) is 5.11 Å². The van der Waals surface area contributed by atoms with Crippen LogP contribution in [0.3, 0.4) is 0 Å². The molecule has 0 aromatic carbocycles. The zero-order chi connectivity index (χ0) is 12.1. The van der Waals surface area contributed by atoms with Crippen LogP contribution in [0.4, 0.5) is 0 Å². The van der Waals surface area contributed by atoms with Crippen LogP contribution in [0.15, 0.2) is 0 Å². The molecule has 0 spiro atoms. The normalized spacial score (nSPS) is 16.5. The lowest BCUT2D eigenvalue weighted by Crippen LogP contribution is -2.41. The minimum absolute atomic E-state index is 0.0279. The monoisotopic (exact) mass is 220 g/mol. The number of carbonyl (C=O) groups is 2. The van der Waals surface area contributed by atoms with Crippen molar-refractivity contribution in [2.24, 2.45) is 5.41 Å². The summed E-state index contributed by atoms with van der Waals surface area (Å²) in [5, 5.41) is 18.3. The molecule has 0 amide bonds. The van der Waals surface area contributed by atoms with Crippen LogP contribution in [0.5, 0.6) is 0 Å². The fourth-order valence-corrected chi connectivity index (χ4v) is 1.21. The Labute approximate surface area is 87.8 Å². The van der Waals surface area contributed by atoms with Crippen molar-refractivity contribution in [2.75, 3.05) is 20.8 Å². The molecule has 0 bridgehead atoms. The van der Waals surface area contributed by atoms with Gasteiger partial charge in [0.1, 0.15) is 0 Å². The summed E-state index contributed by atoms with van der Waals surface area (Å²) in [6.45, 7) is 1.18. The Morgan fingerprint density at radius 2 is 1.93 bits per heavy atom. The molecule has 0 aromatic rings. The van der Waals surface area contributed by atoms with Gasteiger partial charge in [0.15, 0.2) is 5.41 Å². The minimum atomic E-state index is -1.74. The molecule has 0 aliphatic carbocycles. The maximum absolute atomic E-state index is 11.3. The van der Waals surface area contributed by atoms with Crippen molar-refractivity contribution in [2.45, 2.75) is 19.4 Å². The quantitative estimate of drug-likeness (QED) is 0.469. The number of esters is 1. The van der Waals surface area contributed by atoms with Gasteiger partial charge in [-0.2, -0.15) is 0 Å². The summed E-state index contributed by atoms with van der Waals surface area (Å²) in [7, 11) is 2.48. The summed E-state index contributed by atoms with van der Waals surface area (Å²) in [4.78, 5) is 22.2. The number of carboxylic acid groups (broad SMARTS) is 1. The molecule has 15 heavy (non-hydrogen) atoms. The van der Waals surface area contributed by atoms with Crippen LogP contribution < -0.4 is 0 Å². The molecule has 0 saturated heterocycles. The van der Waals surface area contributed by atoms with E-state index in [1.54, 1.807) is 0 Å². The maximum atomic E-state index is 11.3. The van der Waals surface area contributed by atoms with Gasteiger partial charge in [-0.25, -0.2) is 0 Å². The predicted molar refractivity (Wildman–Crippen MR) is 50.3 cm³/mol. The van der Waals surface area contributed by atoms with Gasteiger partial charge < -0.3 is 19.7 Å². The van der Waals surface area contributed by atoms with E-state index >= 15 is 0 Å². The summed E-state index contributed by atoms with van der Waals surface area (Å²) in [5.41, 5.74) is -1.74. The van der Waals surface area contributed by atoms with Gasteiger partial charge in [-0.1, -0.05) is 0 Å². The second-order valence-electron chi connectivity index (χ2n) is 3.44. The highest BCUT2D eigenvalue weighted by Gasteiger charge is 2.44. The Morgan fingerprint density at radius 3 is 2.27 bits per heavy atom. The summed E-state index contributed by atoms with van der Waals surface area (Å²) < 4.78 is 9.03. The van der Waals surface area contributed by atoms with Crippen LogP contribution in [0, 0.1) is 5.41 Å². The highest BCUT2D eigenvalue weighted by atomic mass is 16.5. The van der Waals surface area contributed by atoms with Gasteiger partial charge >= 0.3 is 11.9 Å². The number of rotatable bonds is 6. The van der Waals surface area contributed by atoms with Gasteiger partial charge in [-0.15, -0.1) is 0 Å². The third-order valence-corrected chi connectivity index (χ3v) is 2.11. The molecule has 0 aliphatic heterocycles. The zero-order valence-electron chi connectivity index (χ0n) is 9.02. The smallest absolute Gasteiger partial charge is 0.323 e. The average Bonchev–Trinajstić information content (AvgIpc) is 2.16. The van der Waals surface area contributed by atoms with E-state index in [1.165, 1.54) is 14.0 Å². The average molecular weight is 220 g/mol. The number of ether oxygens (including phenoxy) is 2. The highest BCUT2D eigenvalue weighted by Crippen LogP contribution is 2.25. The molecule has 2 unspecified atom stereocenters. The molecule has 2 atom stereocenters. The SMILES string of the molecule is COCC(O)CC(C)(C(=O)O)C(=O)OC. The molecule has 88 valence electrons. The van der Waals surface area contributed by atoms with E-state index in [-0.39, 0.29) is 13.0 Å². The van der Waals surface area contributed by atoms with E-state index < -0.39 is 23.5 Å². The van der Waals surface area contributed by atoms with E-state index in [1.807, 2.05) is 0 Å². The molecule has 0 rings (SSSR count). The molecule has 0 saturated carbocycles. The predicted octanol–water partition coefficient (Wildman–Crippen LogP) is -0.352. The number of aliphatic hydroxyl groups is 1. The Bertz CT molecular complexity index is 239. The van der Waals surface area contributed by atoms with Gasteiger partial charge in [-0.05, 0) is 6.92 Å². The number of aliphatic carboxylic acids is 1. The van der Waals surface area contributed by atoms with Crippen LogP contribution >= 0.6 is 0 Å². The first kappa shape index (κ1) is 13.9.